The highest BCUT2D eigenvalue weighted by Gasteiger charge is 2.37. The summed E-state index contributed by atoms with van der Waals surface area (Å²) in [7, 11) is 0. The van der Waals surface area contributed by atoms with Gasteiger partial charge in [0, 0.05) is 11.8 Å². The SMILES string of the molecule is CC(C)(C)C(=O)Nc1cc2c(cc1[N+](=O)[O-])OC(C)(C)C(O)C2.NCCc1ccccc1. The maximum absolute atomic E-state index is 12.1. The van der Waals surface area contributed by atoms with Gasteiger partial charge in [-0.3, -0.25) is 14.9 Å². The van der Waals surface area contributed by atoms with Gasteiger partial charge in [-0.1, -0.05) is 51.1 Å². The molecular formula is C24H33N3O5. The van der Waals surface area contributed by atoms with Crippen molar-refractivity contribution in [1.29, 1.82) is 0 Å². The van der Waals surface area contributed by atoms with Crippen molar-refractivity contribution in [2.24, 2.45) is 11.1 Å². The molecule has 1 atom stereocenters. The number of nitrogens with zero attached hydrogens (tertiary/aromatic N) is 1. The number of hydrogen-bond acceptors (Lipinski definition) is 6. The molecule has 4 N–H and O–H groups in total. The summed E-state index contributed by atoms with van der Waals surface area (Å²) in [6.07, 6.45) is 0.558. The first-order chi connectivity index (χ1) is 14.8. The Morgan fingerprint density at radius 3 is 2.44 bits per heavy atom. The maximum Gasteiger partial charge on any atom is 0.296 e. The van der Waals surface area contributed by atoms with Crippen molar-refractivity contribution in [3.8, 4) is 5.75 Å². The Morgan fingerprint density at radius 2 is 1.91 bits per heavy atom. The fourth-order valence-corrected chi connectivity index (χ4v) is 3.05. The van der Waals surface area contributed by atoms with Gasteiger partial charge in [0.2, 0.25) is 5.91 Å². The molecule has 8 heteroatoms. The fraction of sp³-hybridized carbons (Fsp3) is 0.458. The third-order valence-corrected chi connectivity index (χ3v) is 5.17. The molecule has 0 aromatic heterocycles. The molecule has 0 spiro atoms. The lowest BCUT2D eigenvalue weighted by atomic mass is 9.90. The van der Waals surface area contributed by atoms with Crippen molar-refractivity contribution in [2.45, 2.75) is 59.2 Å². The lowest BCUT2D eigenvalue weighted by Gasteiger charge is -2.37. The monoisotopic (exact) mass is 443 g/mol. The third-order valence-electron chi connectivity index (χ3n) is 5.17. The van der Waals surface area contributed by atoms with Crippen molar-refractivity contribution >= 4 is 17.3 Å². The molecule has 1 heterocycles. The summed E-state index contributed by atoms with van der Waals surface area (Å²) in [6.45, 7) is 9.36. The van der Waals surface area contributed by atoms with Crippen LogP contribution >= 0.6 is 0 Å². The Kier molecular flexibility index (Phi) is 7.98. The predicted molar refractivity (Wildman–Crippen MR) is 125 cm³/mol. The van der Waals surface area contributed by atoms with Gasteiger partial charge < -0.3 is 20.9 Å². The van der Waals surface area contributed by atoms with E-state index >= 15 is 0 Å². The number of nitro groups is 1. The zero-order chi connectivity index (χ0) is 24.1. The first-order valence-electron chi connectivity index (χ1n) is 10.6. The van der Waals surface area contributed by atoms with Crippen LogP contribution in [0.15, 0.2) is 42.5 Å². The van der Waals surface area contributed by atoms with Crippen LogP contribution in [0.1, 0.15) is 45.7 Å². The lowest BCUT2D eigenvalue weighted by Crippen LogP contribution is -2.46. The van der Waals surface area contributed by atoms with Crippen molar-refractivity contribution in [3.63, 3.8) is 0 Å². The van der Waals surface area contributed by atoms with E-state index in [2.05, 4.69) is 17.4 Å². The quantitative estimate of drug-likeness (QED) is 0.486. The summed E-state index contributed by atoms with van der Waals surface area (Å²) >= 11 is 0. The molecule has 8 nitrogen and oxygen atoms in total. The number of anilines is 1. The maximum atomic E-state index is 12.1. The van der Waals surface area contributed by atoms with Crippen LogP contribution in [0.4, 0.5) is 11.4 Å². The van der Waals surface area contributed by atoms with Crippen LogP contribution in [0.25, 0.3) is 0 Å². The Labute approximate surface area is 188 Å². The molecule has 0 aliphatic carbocycles. The highest BCUT2D eigenvalue weighted by Crippen LogP contribution is 2.40. The zero-order valence-corrected chi connectivity index (χ0v) is 19.3. The highest BCUT2D eigenvalue weighted by atomic mass is 16.6. The lowest BCUT2D eigenvalue weighted by molar-refractivity contribution is -0.384. The first kappa shape index (κ1) is 25.3. The van der Waals surface area contributed by atoms with Gasteiger partial charge in [0.25, 0.3) is 5.69 Å². The molecule has 32 heavy (non-hydrogen) atoms. The Balaban J connectivity index is 0.000000336. The second-order valence-electron chi connectivity index (χ2n) is 9.39. The second kappa shape index (κ2) is 10.1. The minimum Gasteiger partial charge on any atom is -0.485 e. The van der Waals surface area contributed by atoms with E-state index in [1.807, 2.05) is 18.2 Å². The van der Waals surface area contributed by atoms with Crippen molar-refractivity contribution in [2.75, 3.05) is 11.9 Å². The zero-order valence-electron chi connectivity index (χ0n) is 19.3. The van der Waals surface area contributed by atoms with E-state index in [4.69, 9.17) is 10.5 Å². The molecule has 2 aromatic carbocycles. The second-order valence-corrected chi connectivity index (χ2v) is 9.39. The molecule has 0 fully saturated rings. The first-order valence-corrected chi connectivity index (χ1v) is 10.6. The number of aliphatic hydroxyl groups is 1. The van der Waals surface area contributed by atoms with E-state index in [0.717, 1.165) is 13.0 Å². The number of hydrogen-bond donors (Lipinski definition) is 3. The Hall–Kier alpha value is -2.97. The van der Waals surface area contributed by atoms with E-state index < -0.39 is 22.0 Å². The molecule has 3 rings (SSSR count). The number of carbonyl (C=O) groups is 1. The number of amides is 1. The topological polar surface area (TPSA) is 128 Å². The molecule has 0 bridgehead atoms. The van der Waals surface area contributed by atoms with E-state index in [9.17, 15) is 20.0 Å². The molecule has 0 saturated carbocycles. The van der Waals surface area contributed by atoms with Gasteiger partial charge in [-0.15, -0.1) is 0 Å². The molecule has 0 saturated heterocycles. The summed E-state index contributed by atoms with van der Waals surface area (Å²) in [6, 6.07) is 13.1. The number of ether oxygens (including phenoxy) is 1. The van der Waals surface area contributed by atoms with Gasteiger partial charge >= 0.3 is 0 Å². The smallest absolute Gasteiger partial charge is 0.296 e. The largest absolute Gasteiger partial charge is 0.485 e. The van der Waals surface area contributed by atoms with Crippen molar-refractivity contribution in [1.82, 2.24) is 0 Å². The minimum absolute atomic E-state index is 0.115. The molecule has 174 valence electrons. The van der Waals surface area contributed by atoms with Crippen LogP contribution in [-0.4, -0.2) is 34.2 Å². The number of aliphatic hydroxyl groups excluding tert-OH is 1. The van der Waals surface area contributed by atoms with Crippen LogP contribution < -0.4 is 15.8 Å². The van der Waals surface area contributed by atoms with Crippen LogP contribution in [0.2, 0.25) is 0 Å². The van der Waals surface area contributed by atoms with E-state index in [-0.39, 0.29) is 17.3 Å². The Bertz CT molecular complexity index is 952. The summed E-state index contributed by atoms with van der Waals surface area (Å²) in [5.41, 5.74) is 5.70. The average molecular weight is 444 g/mol. The average Bonchev–Trinajstić information content (AvgIpc) is 2.69. The number of benzene rings is 2. The summed E-state index contributed by atoms with van der Waals surface area (Å²) in [5.74, 6) is 0.0407. The van der Waals surface area contributed by atoms with E-state index in [0.29, 0.717) is 17.7 Å². The van der Waals surface area contributed by atoms with Gasteiger partial charge in [0.1, 0.15) is 17.0 Å². The van der Waals surface area contributed by atoms with E-state index in [1.54, 1.807) is 34.6 Å². The van der Waals surface area contributed by atoms with Gasteiger partial charge in [-0.25, -0.2) is 0 Å². The molecular weight excluding hydrogens is 410 g/mol. The number of carbonyl (C=O) groups excluding carboxylic acids is 1. The standard InChI is InChI=1S/C16H22N2O5.C8H11N/c1-15(2,3)14(20)17-10-6-9-7-13(19)16(4,5)23-12(9)8-11(10)18(21)22;9-7-6-8-4-2-1-3-5-8/h6,8,13,19H,7H2,1-5H3,(H,17,20);1-5H,6-7,9H2. The van der Waals surface area contributed by atoms with Gasteiger partial charge in [-0.2, -0.15) is 0 Å². The molecule has 1 aliphatic rings. The number of nitrogens with one attached hydrogen (secondary N) is 1. The number of nitrogens with two attached hydrogens (primary N) is 1. The normalized spacial score (nSPS) is 16.7. The van der Waals surface area contributed by atoms with Gasteiger partial charge in [0.15, 0.2) is 0 Å². The van der Waals surface area contributed by atoms with Crippen molar-refractivity contribution in [3.05, 3.63) is 63.7 Å². The molecule has 0 radical (unpaired) electrons. The number of fused-ring (bicyclic) bond motifs is 1. The third kappa shape index (κ3) is 6.51. The van der Waals surface area contributed by atoms with Crippen LogP contribution in [-0.2, 0) is 17.6 Å². The summed E-state index contributed by atoms with van der Waals surface area (Å²) < 4.78 is 5.68. The molecule has 1 aliphatic heterocycles. The van der Waals surface area contributed by atoms with Crippen LogP contribution in [0, 0.1) is 15.5 Å². The number of nitro benzene ring substituents is 1. The Morgan fingerprint density at radius 1 is 1.28 bits per heavy atom. The predicted octanol–water partition coefficient (Wildman–Crippen LogP) is 3.84. The highest BCUT2D eigenvalue weighted by molar-refractivity contribution is 5.96. The van der Waals surface area contributed by atoms with Crippen LogP contribution in [0.5, 0.6) is 5.75 Å². The van der Waals surface area contributed by atoms with Gasteiger partial charge in [0.05, 0.1) is 17.1 Å². The summed E-state index contributed by atoms with van der Waals surface area (Å²) in [5, 5.41) is 24.0. The van der Waals surface area contributed by atoms with Gasteiger partial charge in [-0.05, 0) is 44.0 Å². The molecule has 2 aromatic rings. The minimum atomic E-state index is -0.822. The molecule has 1 amide bonds. The van der Waals surface area contributed by atoms with Crippen LogP contribution in [0.3, 0.4) is 0 Å². The fourth-order valence-electron chi connectivity index (χ4n) is 3.05. The summed E-state index contributed by atoms with van der Waals surface area (Å²) in [4.78, 5) is 22.9. The van der Waals surface area contributed by atoms with E-state index in [1.165, 1.54) is 17.7 Å². The molecule has 1 unspecified atom stereocenters. The van der Waals surface area contributed by atoms with Crippen molar-refractivity contribution < 1.29 is 19.6 Å². The number of rotatable bonds is 4.